The van der Waals surface area contributed by atoms with E-state index < -0.39 is 21.4 Å². The number of nitrogens with zero attached hydrogens (tertiary/aromatic N) is 2. The van der Waals surface area contributed by atoms with E-state index in [0.717, 1.165) is 18.4 Å². The maximum Gasteiger partial charge on any atom is 0.408 e. The van der Waals surface area contributed by atoms with Crippen molar-refractivity contribution in [2.45, 2.75) is 23.4 Å². The van der Waals surface area contributed by atoms with Gasteiger partial charge in [-0.15, -0.1) is 0 Å². The average Bonchev–Trinajstić information content (AvgIpc) is 3.07. The number of imidazole rings is 1. The Kier molecular flexibility index (Phi) is 4.22. The smallest absolute Gasteiger partial charge is 0.347 e. The van der Waals surface area contributed by atoms with Gasteiger partial charge < -0.3 is 9.88 Å². The van der Waals surface area contributed by atoms with Gasteiger partial charge in [0.25, 0.3) is 0 Å². The first-order valence-corrected chi connectivity index (χ1v) is 9.48. The quantitative estimate of drug-likeness (QED) is 0.880. The molecule has 138 valence electrons. The number of hydrogen-bond donors (Lipinski definition) is 1. The fourth-order valence-corrected chi connectivity index (χ4v) is 3.48. The molecule has 2 aromatic rings. The molecule has 1 N–H and O–H groups in total. The Morgan fingerprint density at radius 2 is 1.85 bits per heavy atom. The monoisotopic (exact) mass is 383 g/mol. The molecular weight excluding hydrogens is 367 g/mol. The zero-order chi connectivity index (χ0) is 19.2. The molecule has 1 aromatic heterocycles. The van der Waals surface area contributed by atoms with E-state index in [1.807, 2.05) is 0 Å². The molecule has 0 bridgehead atoms. The Morgan fingerprint density at radius 3 is 2.31 bits per heavy atom. The highest BCUT2D eigenvalue weighted by molar-refractivity contribution is 7.90. The zero-order valence-electron chi connectivity index (χ0n) is 13.9. The molecule has 0 radical (unpaired) electrons. The number of hydrogen-bond acceptors (Lipinski definition) is 4. The minimum Gasteiger partial charge on any atom is -0.347 e. The second-order valence-corrected chi connectivity index (χ2v) is 8.06. The van der Waals surface area contributed by atoms with Crippen LogP contribution >= 0.6 is 0 Å². The van der Waals surface area contributed by atoms with Gasteiger partial charge >= 0.3 is 6.18 Å². The third-order valence-electron chi connectivity index (χ3n) is 4.21. The predicted octanol–water partition coefficient (Wildman–Crippen LogP) is 3.55. The summed E-state index contributed by atoms with van der Waals surface area (Å²) in [4.78, 5) is 8.03. The molecule has 1 unspecified atom stereocenters. The Bertz CT molecular complexity index is 962. The van der Waals surface area contributed by atoms with Gasteiger partial charge in [0.15, 0.2) is 15.3 Å². The van der Waals surface area contributed by atoms with Gasteiger partial charge in [-0.2, -0.15) is 13.2 Å². The van der Waals surface area contributed by atoms with E-state index in [9.17, 15) is 21.6 Å². The third-order valence-corrected chi connectivity index (χ3v) is 5.33. The summed E-state index contributed by atoms with van der Waals surface area (Å²) in [6, 6.07) is 5.94. The van der Waals surface area contributed by atoms with E-state index in [-0.39, 0.29) is 10.7 Å². The summed E-state index contributed by atoms with van der Waals surface area (Å²) < 4.78 is 64.5. The number of aromatic nitrogens is 2. The third kappa shape index (κ3) is 3.03. The first-order valence-electron chi connectivity index (χ1n) is 7.59. The number of allylic oxidation sites excluding steroid dienone is 3. The van der Waals surface area contributed by atoms with Crippen molar-refractivity contribution in [1.82, 2.24) is 9.97 Å². The predicted molar refractivity (Wildman–Crippen MR) is 91.2 cm³/mol. The molecule has 0 fully saturated rings. The maximum absolute atomic E-state index is 13.8. The second-order valence-electron chi connectivity index (χ2n) is 6.04. The van der Waals surface area contributed by atoms with Crippen LogP contribution in [-0.4, -0.2) is 30.8 Å². The van der Waals surface area contributed by atoms with Crippen molar-refractivity contribution in [3.8, 4) is 0 Å². The van der Waals surface area contributed by atoms with E-state index >= 15 is 0 Å². The lowest BCUT2D eigenvalue weighted by Crippen LogP contribution is -2.43. The summed E-state index contributed by atoms with van der Waals surface area (Å²) in [6.45, 7) is 1.55. The lowest BCUT2D eigenvalue weighted by atomic mass is 9.83. The van der Waals surface area contributed by atoms with Crippen LogP contribution in [0.3, 0.4) is 0 Å². The van der Waals surface area contributed by atoms with Crippen LogP contribution in [0.15, 0.2) is 65.6 Å². The fourth-order valence-electron chi connectivity index (χ4n) is 2.85. The molecule has 0 saturated heterocycles. The zero-order valence-corrected chi connectivity index (χ0v) is 14.8. The molecule has 9 heteroatoms. The lowest BCUT2D eigenvalue weighted by molar-refractivity contribution is -0.164. The molecule has 1 aliphatic rings. The number of halogens is 3. The Balaban J connectivity index is 2.01. The van der Waals surface area contributed by atoms with Crippen LogP contribution in [0.1, 0.15) is 12.7 Å². The molecule has 26 heavy (non-hydrogen) atoms. The van der Waals surface area contributed by atoms with Crippen LogP contribution in [0, 0.1) is 0 Å². The molecule has 3 rings (SSSR count). The van der Waals surface area contributed by atoms with Crippen molar-refractivity contribution >= 4 is 15.5 Å². The largest absolute Gasteiger partial charge is 0.408 e. The molecule has 0 aliphatic carbocycles. The summed E-state index contributed by atoms with van der Waals surface area (Å²) in [7, 11) is -3.34. The van der Waals surface area contributed by atoms with Crippen molar-refractivity contribution in [2.75, 3.05) is 11.2 Å². The van der Waals surface area contributed by atoms with Crippen molar-refractivity contribution in [1.29, 1.82) is 0 Å². The highest BCUT2D eigenvalue weighted by Gasteiger charge is 2.56. The topological polar surface area (TPSA) is 66.1 Å². The van der Waals surface area contributed by atoms with Crippen LogP contribution in [0.4, 0.5) is 18.9 Å². The van der Waals surface area contributed by atoms with Crippen LogP contribution in [0.5, 0.6) is 0 Å². The van der Waals surface area contributed by atoms with Gasteiger partial charge in [0, 0.05) is 36.2 Å². The number of benzene rings is 1. The van der Waals surface area contributed by atoms with Crippen molar-refractivity contribution in [3.63, 3.8) is 0 Å². The SMILES string of the molecule is CC1=CC(c2ncc[nH]2)(C(F)(F)F)C=CN1c1ccc(S(C)(=O)=O)cc1. The first-order chi connectivity index (χ1) is 12.0. The number of anilines is 1. The summed E-state index contributed by atoms with van der Waals surface area (Å²) >= 11 is 0. The van der Waals surface area contributed by atoms with E-state index in [2.05, 4.69) is 9.97 Å². The van der Waals surface area contributed by atoms with E-state index in [1.165, 1.54) is 30.7 Å². The number of alkyl halides is 3. The van der Waals surface area contributed by atoms with E-state index in [4.69, 9.17) is 0 Å². The summed E-state index contributed by atoms with van der Waals surface area (Å²) in [5.74, 6) is -0.215. The van der Waals surface area contributed by atoms with Gasteiger partial charge in [-0.05, 0) is 43.3 Å². The average molecular weight is 383 g/mol. The van der Waals surface area contributed by atoms with E-state index in [1.54, 1.807) is 24.0 Å². The minimum atomic E-state index is -4.57. The molecule has 2 heterocycles. The van der Waals surface area contributed by atoms with Gasteiger partial charge in [-0.25, -0.2) is 13.4 Å². The van der Waals surface area contributed by atoms with Gasteiger partial charge in [-0.3, -0.25) is 0 Å². The van der Waals surface area contributed by atoms with Crippen LogP contribution < -0.4 is 4.90 Å². The van der Waals surface area contributed by atoms with Gasteiger partial charge in [0.1, 0.15) is 5.82 Å². The number of H-pyrrole nitrogens is 1. The molecule has 5 nitrogen and oxygen atoms in total. The fraction of sp³-hybridized carbons (Fsp3) is 0.235. The van der Waals surface area contributed by atoms with Crippen LogP contribution in [0.2, 0.25) is 0 Å². The number of nitrogens with one attached hydrogen (secondary N) is 1. The number of sulfone groups is 1. The highest BCUT2D eigenvalue weighted by Crippen LogP contribution is 2.45. The molecule has 0 amide bonds. The van der Waals surface area contributed by atoms with Crippen LogP contribution in [-0.2, 0) is 15.3 Å². The Labute approximate surface area is 148 Å². The first kappa shape index (κ1) is 18.2. The Hall–Kier alpha value is -2.55. The second kappa shape index (κ2) is 6.01. The molecule has 0 saturated carbocycles. The maximum atomic E-state index is 13.8. The minimum absolute atomic E-state index is 0.143. The molecule has 1 aromatic carbocycles. The lowest BCUT2D eigenvalue weighted by Gasteiger charge is -2.35. The standard InChI is InChI=1S/C17H16F3N3O2S/c1-12-11-16(17(18,19)20,15-21-8-9-22-15)7-10-23(12)13-3-5-14(6-4-13)26(2,24)25/h3-11H,1-2H3,(H,21,22). The molecule has 1 aliphatic heterocycles. The summed E-state index contributed by atoms with van der Waals surface area (Å²) in [6.07, 6.45) is 2.58. The molecule has 1 atom stereocenters. The highest BCUT2D eigenvalue weighted by atomic mass is 32.2. The van der Waals surface area contributed by atoms with Crippen molar-refractivity contribution in [2.24, 2.45) is 0 Å². The van der Waals surface area contributed by atoms with Gasteiger partial charge in [0.2, 0.25) is 0 Å². The van der Waals surface area contributed by atoms with Crippen molar-refractivity contribution < 1.29 is 21.6 Å². The Morgan fingerprint density at radius 1 is 1.19 bits per heavy atom. The molecule has 0 spiro atoms. The van der Waals surface area contributed by atoms with Crippen LogP contribution in [0.25, 0.3) is 0 Å². The molecular formula is C17H16F3N3O2S. The normalized spacial score (nSPS) is 21.0. The van der Waals surface area contributed by atoms with Crippen molar-refractivity contribution in [3.05, 3.63) is 66.5 Å². The van der Waals surface area contributed by atoms with Gasteiger partial charge in [0.05, 0.1) is 4.90 Å². The van der Waals surface area contributed by atoms with Gasteiger partial charge in [-0.1, -0.05) is 0 Å². The summed E-state index contributed by atoms with van der Waals surface area (Å²) in [5, 5.41) is 0. The van der Waals surface area contributed by atoms with E-state index in [0.29, 0.717) is 11.4 Å². The number of aromatic amines is 1. The summed E-state index contributed by atoms with van der Waals surface area (Å²) in [5.41, 5.74) is -1.45. The number of rotatable bonds is 3.